The van der Waals surface area contributed by atoms with Crippen molar-refractivity contribution >= 4 is 11.8 Å². The topological polar surface area (TPSA) is 41.5 Å². The fraction of sp³-hybridized carbons (Fsp3) is 0.500. The van der Waals surface area contributed by atoms with E-state index in [-0.39, 0.29) is 6.61 Å². The van der Waals surface area contributed by atoms with Gasteiger partial charge in [-0.2, -0.15) is 11.8 Å². The van der Waals surface area contributed by atoms with Crippen molar-refractivity contribution in [1.29, 1.82) is 0 Å². The van der Waals surface area contributed by atoms with Crippen molar-refractivity contribution in [2.45, 2.75) is 6.04 Å². The lowest BCUT2D eigenvalue weighted by atomic mass is 10.1. The van der Waals surface area contributed by atoms with Crippen molar-refractivity contribution in [3.8, 4) is 5.75 Å². The molecule has 16 heavy (non-hydrogen) atoms. The molecule has 0 saturated heterocycles. The van der Waals surface area contributed by atoms with Gasteiger partial charge in [-0.05, 0) is 24.7 Å². The van der Waals surface area contributed by atoms with Crippen LogP contribution in [0.5, 0.6) is 5.75 Å². The first kappa shape index (κ1) is 13.4. The van der Waals surface area contributed by atoms with Crippen LogP contribution in [0.4, 0.5) is 0 Å². The summed E-state index contributed by atoms with van der Waals surface area (Å²) in [4.78, 5) is 0. The van der Waals surface area contributed by atoms with Crippen LogP contribution in [-0.2, 0) is 0 Å². The van der Waals surface area contributed by atoms with Gasteiger partial charge in [0.2, 0.25) is 0 Å². The van der Waals surface area contributed by atoms with Gasteiger partial charge in [0.05, 0.1) is 13.7 Å². The van der Waals surface area contributed by atoms with E-state index < -0.39 is 0 Å². The SMILES string of the molecule is CNC(CSCCO)c1ccc(OC)cc1. The Morgan fingerprint density at radius 1 is 1.38 bits per heavy atom. The summed E-state index contributed by atoms with van der Waals surface area (Å²) in [7, 11) is 3.62. The van der Waals surface area contributed by atoms with Crippen molar-refractivity contribution in [2.24, 2.45) is 0 Å². The number of thioether (sulfide) groups is 1. The van der Waals surface area contributed by atoms with Gasteiger partial charge in [0.25, 0.3) is 0 Å². The van der Waals surface area contributed by atoms with Crippen LogP contribution in [0.1, 0.15) is 11.6 Å². The van der Waals surface area contributed by atoms with Gasteiger partial charge in [0.1, 0.15) is 5.75 Å². The average Bonchev–Trinajstić information content (AvgIpc) is 2.35. The van der Waals surface area contributed by atoms with E-state index in [4.69, 9.17) is 9.84 Å². The summed E-state index contributed by atoms with van der Waals surface area (Å²) >= 11 is 1.75. The second kappa shape index (κ2) is 7.54. The van der Waals surface area contributed by atoms with Crippen molar-refractivity contribution in [2.75, 3.05) is 32.3 Å². The number of hydrogen-bond donors (Lipinski definition) is 2. The molecule has 1 atom stereocenters. The third-order valence-corrected chi connectivity index (χ3v) is 3.43. The average molecular weight is 241 g/mol. The molecule has 0 aliphatic carbocycles. The van der Waals surface area contributed by atoms with Crippen LogP contribution in [0.25, 0.3) is 0 Å². The Labute approximate surface area is 101 Å². The molecule has 0 aliphatic heterocycles. The molecule has 1 unspecified atom stereocenters. The molecule has 1 aromatic carbocycles. The van der Waals surface area contributed by atoms with Crippen LogP contribution in [0.15, 0.2) is 24.3 Å². The predicted octanol–water partition coefficient (Wildman–Crippen LogP) is 1.68. The van der Waals surface area contributed by atoms with Crippen molar-refractivity contribution in [3.05, 3.63) is 29.8 Å². The van der Waals surface area contributed by atoms with Crippen molar-refractivity contribution in [1.82, 2.24) is 5.32 Å². The summed E-state index contributed by atoms with van der Waals surface area (Å²) in [5.41, 5.74) is 1.24. The van der Waals surface area contributed by atoms with Crippen molar-refractivity contribution in [3.63, 3.8) is 0 Å². The number of rotatable bonds is 7. The van der Waals surface area contributed by atoms with Crippen LogP contribution >= 0.6 is 11.8 Å². The van der Waals surface area contributed by atoms with Crippen LogP contribution in [0, 0.1) is 0 Å². The van der Waals surface area contributed by atoms with E-state index in [9.17, 15) is 0 Å². The highest BCUT2D eigenvalue weighted by atomic mass is 32.2. The molecule has 90 valence electrons. The lowest BCUT2D eigenvalue weighted by molar-refractivity contribution is 0.322. The fourth-order valence-electron chi connectivity index (χ4n) is 1.45. The number of methoxy groups -OCH3 is 1. The van der Waals surface area contributed by atoms with Gasteiger partial charge in [-0.25, -0.2) is 0 Å². The molecule has 0 bridgehead atoms. The summed E-state index contributed by atoms with van der Waals surface area (Å²) in [6.45, 7) is 0.240. The molecule has 0 amide bonds. The van der Waals surface area contributed by atoms with E-state index in [2.05, 4.69) is 17.4 Å². The Balaban J connectivity index is 2.56. The third-order valence-electron chi connectivity index (χ3n) is 2.39. The first-order valence-electron chi connectivity index (χ1n) is 5.31. The van der Waals surface area contributed by atoms with E-state index >= 15 is 0 Å². The molecule has 0 aliphatic rings. The Kier molecular flexibility index (Phi) is 6.30. The third kappa shape index (κ3) is 4.04. The Bertz CT molecular complexity index is 290. The lowest BCUT2D eigenvalue weighted by Crippen LogP contribution is -2.19. The number of aliphatic hydroxyl groups is 1. The zero-order valence-corrected chi connectivity index (χ0v) is 10.6. The zero-order valence-electron chi connectivity index (χ0n) is 9.77. The number of nitrogens with one attached hydrogen (secondary N) is 1. The minimum absolute atomic E-state index is 0.240. The summed E-state index contributed by atoms with van der Waals surface area (Å²) in [5.74, 6) is 2.62. The van der Waals surface area contributed by atoms with Gasteiger partial charge in [0, 0.05) is 17.5 Å². The van der Waals surface area contributed by atoms with Gasteiger partial charge in [0.15, 0.2) is 0 Å². The molecule has 3 nitrogen and oxygen atoms in total. The summed E-state index contributed by atoms with van der Waals surface area (Å²) in [6.07, 6.45) is 0. The maximum absolute atomic E-state index is 8.73. The van der Waals surface area contributed by atoms with Crippen LogP contribution < -0.4 is 10.1 Å². The second-order valence-corrected chi connectivity index (χ2v) is 4.56. The predicted molar refractivity (Wildman–Crippen MR) is 69.2 cm³/mol. The molecule has 4 heteroatoms. The first-order valence-corrected chi connectivity index (χ1v) is 6.47. The molecule has 0 heterocycles. The zero-order chi connectivity index (χ0) is 11.8. The molecular weight excluding hydrogens is 222 g/mol. The van der Waals surface area contributed by atoms with Crippen LogP contribution in [0.2, 0.25) is 0 Å². The highest BCUT2D eigenvalue weighted by Crippen LogP contribution is 2.20. The highest BCUT2D eigenvalue weighted by Gasteiger charge is 2.08. The molecule has 0 radical (unpaired) electrons. The first-order chi connectivity index (χ1) is 7.81. The van der Waals surface area contributed by atoms with E-state index in [1.165, 1.54) is 5.56 Å². The smallest absolute Gasteiger partial charge is 0.118 e. The fourth-order valence-corrected chi connectivity index (χ4v) is 2.34. The maximum Gasteiger partial charge on any atom is 0.118 e. The molecule has 0 aromatic heterocycles. The Morgan fingerprint density at radius 3 is 2.56 bits per heavy atom. The molecule has 1 aromatic rings. The van der Waals surface area contributed by atoms with Crippen molar-refractivity contribution < 1.29 is 9.84 Å². The van der Waals surface area contributed by atoms with Gasteiger partial charge in [-0.3, -0.25) is 0 Å². The van der Waals surface area contributed by atoms with Gasteiger partial charge in [-0.1, -0.05) is 12.1 Å². The minimum atomic E-state index is 0.240. The molecule has 0 spiro atoms. The van der Waals surface area contributed by atoms with Crippen LogP contribution in [-0.4, -0.2) is 37.4 Å². The molecule has 2 N–H and O–H groups in total. The minimum Gasteiger partial charge on any atom is -0.497 e. The second-order valence-electron chi connectivity index (χ2n) is 3.41. The van der Waals surface area contributed by atoms with Gasteiger partial charge >= 0.3 is 0 Å². The summed E-state index contributed by atoms with van der Waals surface area (Å²) in [5, 5.41) is 12.0. The maximum atomic E-state index is 8.73. The van der Waals surface area contributed by atoms with Gasteiger partial charge < -0.3 is 15.2 Å². The monoisotopic (exact) mass is 241 g/mol. The highest BCUT2D eigenvalue weighted by molar-refractivity contribution is 7.99. The number of benzene rings is 1. The largest absolute Gasteiger partial charge is 0.497 e. The molecule has 0 saturated carbocycles. The van der Waals surface area contributed by atoms with Gasteiger partial charge in [-0.15, -0.1) is 0 Å². The quantitative estimate of drug-likeness (QED) is 0.713. The number of aliphatic hydroxyl groups excluding tert-OH is 1. The molecule has 1 rings (SSSR count). The Hall–Kier alpha value is -0.710. The van der Waals surface area contributed by atoms with E-state index in [1.807, 2.05) is 19.2 Å². The normalized spacial score (nSPS) is 12.4. The number of ether oxygens (including phenoxy) is 1. The summed E-state index contributed by atoms with van der Waals surface area (Å²) < 4.78 is 5.12. The van der Waals surface area contributed by atoms with Crippen LogP contribution in [0.3, 0.4) is 0 Å². The van der Waals surface area contributed by atoms with E-state index in [0.717, 1.165) is 17.3 Å². The lowest BCUT2D eigenvalue weighted by Gasteiger charge is -2.16. The number of hydrogen-bond acceptors (Lipinski definition) is 4. The Morgan fingerprint density at radius 2 is 2.06 bits per heavy atom. The standard InChI is InChI=1S/C12H19NO2S/c1-13-12(9-16-8-7-14)10-3-5-11(15-2)6-4-10/h3-6,12-14H,7-9H2,1-2H3. The van der Waals surface area contributed by atoms with E-state index in [0.29, 0.717) is 6.04 Å². The van der Waals surface area contributed by atoms with E-state index in [1.54, 1.807) is 18.9 Å². The molecule has 0 fully saturated rings. The molecular formula is C12H19NO2S. The summed E-state index contributed by atoms with van der Waals surface area (Å²) in [6, 6.07) is 8.40.